The maximum absolute atomic E-state index is 9.70. The van der Waals surface area contributed by atoms with Crippen LogP contribution in [0.3, 0.4) is 0 Å². The summed E-state index contributed by atoms with van der Waals surface area (Å²) in [5.41, 5.74) is 0. The zero-order valence-corrected chi connectivity index (χ0v) is 11.7. The second-order valence-corrected chi connectivity index (χ2v) is 6.38. The summed E-state index contributed by atoms with van der Waals surface area (Å²) < 4.78 is 1.25. The lowest BCUT2D eigenvalue weighted by Crippen LogP contribution is -2.37. The molecule has 2 heterocycles. The average molecular weight is 282 g/mol. The molecule has 1 saturated heterocycles. The Morgan fingerprint density at radius 1 is 1.39 bits per heavy atom. The highest BCUT2D eigenvalue weighted by Crippen LogP contribution is 2.36. The molecule has 1 aromatic heterocycles. The number of benzene rings is 1. The Bertz CT molecular complexity index is 554. The third kappa shape index (κ3) is 2.41. The van der Waals surface area contributed by atoms with Crippen molar-refractivity contribution in [2.24, 2.45) is 0 Å². The smallest absolute Gasteiger partial charge is 0.0667 e. The summed E-state index contributed by atoms with van der Waals surface area (Å²) in [7, 11) is 0. The molecule has 1 aromatic carbocycles. The molecule has 1 aliphatic rings. The molecule has 96 valence electrons. The van der Waals surface area contributed by atoms with Crippen LogP contribution in [-0.4, -0.2) is 29.2 Å². The van der Waals surface area contributed by atoms with E-state index in [1.165, 1.54) is 9.58 Å². The number of β-amino-alcohol motifs (C(OH)–C–C–N with tert-alkyl or cyclic N) is 1. The largest absolute Gasteiger partial charge is 0.392 e. The molecule has 1 fully saturated rings. The summed E-state index contributed by atoms with van der Waals surface area (Å²) in [5, 5.41) is 11.7. The molecule has 2 nitrogen and oxygen atoms in total. The quantitative estimate of drug-likeness (QED) is 0.911. The van der Waals surface area contributed by atoms with Gasteiger partial charge >= 0.3 is 0 Å². The zero-order valence-electron chi connectivity index (χ0n) is 10.1. The Balaban J connectivity index is 1.84. The second kappa shape index (κ2) is 5.17. The van der Waals surface area contributed by atoms with Crippen molar-refractivity contribution in [2.45, 2.75) is 25.5 Å². The van der Waals surface area contributed by atoms with Gasteiger partial charge in [-0.25, -0.2) is 0 Å². The van der Waals surface area contributed by atoms with Crippen molar-refractivity contribution < 1.29 is 5.11 Å². The van der Waals surface area contributed by atoms with Gasteiger partial charge in [-0.1, -0.05) is 29.8 Å². The number of aliphatic hydroxyl groups excluding tert-OH is 1. The van der Waals surface area contributed by atoms with Crippen molar-refractivity contribution in [2.75, 3.05) is 13.1 Å². The normalized spacial score (nSPS) is 21.6. The minimum absolute atomic E-state index is 0.174. The van der Waals surface area contributed by atoms with Crippen LogP contribution in [0.5, 0.6) is 0 Å². The van der Waals surface area contributed by atoms with Crippen LogP contribution < -0.4 is 0 Å². The van der Waals surface area contributed by atoms with Crippen molar-refractivity contribution in [1.82, 2.24) is 4.90 Å². The maximum Gasteiger partial charge on any atom is 0.0667 e. The second-order valence-electron chi connectivity index (χ2n) is 4.87. The van der Waals surface area contributed by atoms with Crippen LogP contribution in [0.4, 0.5) is 0 Å². The highest BCUT2D eigenvalue weighted by molar-refractivity contribution is 7.19. The number of rotatable bonds is 2. The first-order chi connectivity index (χ1) is 8.74. The van der Waals surface area contributed by atoms with Crippen molar-refractivity contribution in [1.29, 1.82) is 0 Å². The van der Waals surface area contributed by atoms with Gasteiger partial charge < -0.3 is 5.11 Å². The summed E-state index contributed by atoms with van der Waals surface area (Å²) >= 11 is 8.20. The molecular formula is C14H16ClNOS. The molecule has 1 N–H and O–H groups in total. The van der Waals surface area contributed by atoms with Crippen LogP contribution in [0.15, 0.2) is 24.3 Å². The van der Waals surface area contributed by atoms with Crippen molar-refractivity contribution in [3.05, 3.63) is 34.2 Å². The van der Waals surface area contributed by atoms with E-state index in [2.05, 4.69) is 17.0 Å². The predicted molar refractivity (Wildman–Crippen MR) is 77.4 cm³/mol. The Morgan fingerprint density at radius 2 is 2.22 bits per heavy atom. The number of nitrogens with zero attached hydrogens (tertiary/aromatic N) is 1. The number of likely N-dealkylation sites (tertiary alicyclic amines) is 1. The van der Waals surface area contributed by atoms with Gasteiger partial charge in [-0.2, -0.15) is 0 Å². The summed E-state index contributed by atoms with van der Waals surface area (Å²) in [6, 6.07) is 8.25. The molecule has 3 rings (SSSR count). The number of aliphatic hydroxyl groups is 1. The molecule has 1 aliphatic heterocycles. The number of piperidine rings is 1. The van der Waals surface area contributed by atoms with Crippen LogP contribution in [0.2, 0.25) is 5.02 Å². The van der Waals surface area contributed by atoms with E-state index < -0.39 is 0 Å². The molecule has 0 spiro atoms. The molecule has 0 amide bonds. The minimum Gasteiger partial charge on any atom is -0.392 e. The molecule has 0 bridgehead atoms. The fourth-order valence-electron chi connectivity index (χ4n) is 2.54. The van der Waals surface area contributed by atoms with Gasteiger partial charge in [0, 0.05) is 28.1 Å². The average Bonchev–Trinajstić information content (AvgIpc) is 2.67. The number of halogens is 1. The monoisotopic (exact) mass is 281 g/mol. The molecule has 0 saturated carbocycles. The number of fused-ring (bicyclic) bond motifs is 1. The van der Waals surface area contributed by atoms with E-state index in [0.717, 1.165) is 42.9 Å². The zero-order chi connectivity index (χ0) is 12.5. The number of hydrogen-bond acceptors (Lipinski definition) is 3. The highest BCUT2D eigenvalue weighted by atomic mass is 35.5. The lowest BCUT2D eigenvalue weighted by atomic mass is 10.1. The van der Waals surface area contributed by atoms with Gasteiger partial charge in [0.15, 0.2) is 0 Å². The van der Waals surface area contributed by atoms with Crippen LogP contribution >= 0.6 is 22.9 Å². The van der Waals surface area contributed by atoms with E-state index in [0.29, 0.717) is 0 Å². The summed E-state index contributed by atoms with van der Waals surface area (Å²) in [6.45, 7) is 2.68. The standard InChI is InChI=1S/C14H16ClNOS/c15-14-11-5-1-2-6-12(11)18-13(14)9-16-7-3-4-10(17)8-16/h1-2,5-6,10,17H,3-4,7-9H2. The van der Waals surface area contributed by atoms with Crippen molar-refractivity contribution >= 4 is 33.0 Å². The van der Waals surface area contributed by atoms with E-state index in [-0.39, 0.29) is 6.10 Å². The number of hydrogen-bond donors (Lipinski definition) is 1. The van der Waals surface area contributed by atoms with E-state index in [1.54, 1.807) is 11.3 Å². The lowest BCUT2D eigenvalue weighted by molar-refractivity contribution is 0.0674. The van der Waals surface area contributed by atoms with Crippen molar-refractivity contribution in [3.8, 4) is 0 Å². The summed E-state index contributed by atoms with van der Waals surface area (Å²) in [6.07, 6.45) is 1.83. The van der Waals surface area contributed by atoms with Crippen LogP contribution in [-0.2, 0) is 6.54 Å². The van der Waals surface area contributed by atoms with Crippen LogP contribution in [0, 0.1) is 0 Å². The van der Waals surface area contributed by atoms with Gasteiger partial charge in [0.1, 0.15) is 0 Å². The van der Waals surface area contributed by atoms with Gasteiger partial charge in [-0.05, 0) is 25.5 Å². The third-order valence-corrected chi connectivity index (χ3v) is 5.15. The topological polar surface area (TPSA) is 23.5 Å². The van der Waals surface area contributed by atoms with Gasteiger partial charge in [0.05, 0.1) is 11.1 Å². The Morgan fingerprint density at radius 3 is 3.00 bits per heavy atom. The van der Waals surface area contributed by atoms with Gasteiger partial charge in [0.2, 0.25) is 0 Å². The molecular weight excluding hydrogens is 266 g/mol. The van der Waals surface area contributed by atoms with E-state index in [4.69, 9.17) is 11.6 Å². The highest BCUT2D eigenvalue weighted by Gasteiger charge is 2.20. The van der Waals surface area contributed by atoms with Gasteiger partial charge in [-0.15, -0.1) is 11.3 Å². The predicted octanol–water partition coefficient (Wildman–Crippen LogP) is 3.51. The first kappa shape index (κ1) is 12.4. The first-order valence-corrected chi connectivity index (χ1v) is 7.50. The molecule has 4 heteroatoms. The van der Waals surface area contributed by atoms with Gasteiger partial charge in [0.25, 0.3) is 0 Å². The Hall–Kier alpha value is -0.610. The van der Waals surface area contributed by atoms with E-state index >= 15 is 0 Å². The van der Waals surface area contributed by atoms with Crippen LogP contribution in [0.1, 0.15) is 17.7 Å². The molecule has 1 unspecified atom stereocenters. The molecule has 0 radical (unpaired) electrons. The molecule has 18 heavy (non-hydrogen) atoms. The van der Waals surface area contributed by atoms with E-state index in [9.17, 15) is 5.11 Å². The fraction of sp³-hybridized carbons (Fsp3) is 0.429. The van der Waals surface area contributed by atoms with Crippen molar-refractivity contribution in [3.63, 3.8) is 0 Å². The first-order valence-electron chi connectivity index (χ1n) is 6.30. The fourth-order valence-corrected chi connectivity index (χ4v) is 4.08. The summed E-state index contributed by atoms with van der Waals surface area (Å²) in [5.74, 6) is 0. The minimum atomic E-state index is -0.174. The van der Waals surface area contributed by atoms with E-state index in [1.807, 2.05) is 12.1 Å². The maximum atomic E-state index is 9.70. The number of thiophene rings is 1. The summed E-state index contributed by atoms with van der Waals surface area (Å²) in [4.78, 5) is 3.51. The van der Waals surface area contributed by atoms with Crippen LogP contribution in [0.25, 0.3) is 10.1 Å². The lowest BCUT2D eigenvalue weighted by Gasteiger charge is -2.29. The molecule has 0 aliphatic carbocycles. The Kier molecular flexibility index (Phi) is 3.57. The van der Waals surface area contributed by atoms with Gasteiger partial charge in [-0.3, -0.25) is 4.90 Å². The SMILES string of the molecule is OC1CCCN(Cc2sc3ccccc3c2Cl)C1. The Labute approximate surface area is 116 Å². The molecule has 2 aromatic rings. The molecule has 1 atom stereocenters. The third-order valence-electron chi connectivity index (χ3n) is 3.45.